The normalized spacial score (nSPS) is 10.3. The highest BCUT2D eigenvalue weighted by Crippen LogP contribution is 2.34. The Bertz CT molecular complexity index is 863. The quantitative estimate of drug-likeness (QED) is 0.798. The van der Waals surface area contributed by atoms with Gasteiger partial charge in [-0.05, 0) is 12.0 Å². The number of rotatable bonds is 3. The van der Waals surface area contributed by atoms with Gasteiger partial charge >= 0.3 is 0 Å². The van der Waals surface area contributed by atoms with Gasteiger partial charge in [-0.25, -0.2) is 4.98 Å². The predicted octanol–water partition coefficient (Wildman–Crippen LogP) is 3.85. The molecule has 3 heteroatoms. The molecule has 0 atom stereocenters. The minimum atomic E-state index is 0.405. The van der Waals surface area contributed by atoms with Crippen molar-refractivity contribution < 1.29 is 4.98 Å². The van der Waals surface area contributed by atoms with Crippen molar-refractivity contribution in [3.63, 3.8) is 0 Å². The molecule has 0 aliphatic carbocycles. The Morgan fingerprint density at radius 3 is 2.04 bits per heavy atom. The van der Waals surface area contributed by atoms with Gasteiger partial charge in [-0.15, -0.1) is 0 Å². The highest BCUT2D eigenvalue weighted by molar-refractivity contribution is 5.82. The molecule has 1 heterocycles. The number of nitrogens with two attached hydrogens (primary N) is 1. The fraction of sp³-hybridized carbons (Fsp3) is 0.100. The zero-order valence-electron chi connectivity index (χ0n) is 13.0. The summed E-state index contributed by atoms with van der Waals surface area (Å²) in [6.45, 7) is 2.10. The Labute approximate surface area is 136 Å². The maximum absolute atomic E-state index is 9.59. The van der Waals surface area contributed by atoms with Crippen LogP contribution in [-0.2, 0) is 6.42 Å². The molecule has 3 N–H and O–H groups in total. The lowest BCUT2D eigenvalue weighted by molar-refractivity contribution is -0.347. The third-order valence-corrected chi connectivity index (χ3v) is 3.97. The molecular formula is C20H18N3+. The van der Waals surface area contributed by atoms with E-state index in [1.54, 1.807) is 0 Å². The Morgan fingerprint density at radius 1 is 0.957 bits per heavy atom. The van der Waals surface area contributed by atoms with Crippen LogP contribution in [0.3, 0.4) is 0 Å². The van der Waals surface area contributed by atoms with E-state index in [0.29, 0.717) is 11.4 Å². The summed E-state index contributed by atoms with van der Waals surface area (Å²) >= 11 is 0. The van der Waals surface area contributed by atoms with Crippen molar-refractivity contribution in [3.8, 4) is 28.5 Å². The van der Waals surface area contributed by atoms with E-state index >= 15 is 0 Å². The van der Waals surface area contributed by atoms with Gasteiger partial charge in [0.25, 0.3) is 5.82 Å². The van der Waals surface area contributed by atoms with Crippen LogP contribution in [-0.4, -0.2) is 0 Å². The first-order valence-corrected chi connectivity index (χ1v) is 7.64. The van der Waals surface area contributed by atoms with Gasteiger partial charge in [0.15, 0.2) is 0 Å². The average Bonchev–Trinajstić information content (AvgIpc) is 2.62. The smallest absolute Gasteiger partial charge is 0.286 e. The summed E-state index contributed by atoms with van der Waals surface area (Å²) in [5.41, 5.74) is 11.7. The Morgan fingerprint density at radius 2 is 1.52 bits per heavy atom. The largest absolute Gasteiger partial charge is 0.289 e. The number of nitriles is 1. The highest BCUT2D eigenvalue weighted by atomic mass is 14.9. The molecule has 3 nitrogen and oxygen atoms in total. The van der Waals surface area contributed by atoms with E-state index in [2.05, 4.69) is 18.0 Å². The Balaban J connectivity index is 2.38. The monoisotopic (exact) mass is 300 g/mol. The number of H-pyrrole nitrogens is 1. The van der Waals surface area contributed by atoms with Crippen molar-refractivity contribution in [2.24, 2.45) is 0 Å². The molecular weight excluding hydrogens is 282 g/mol. The van der Waals surface area contributed by atoms with Gasteiger partial charge in [0.05, 0.1) is 0 Å². The fourth-order valence-corrected chi connectivity index (χ4v) is 2.93. The van der Waals surface area contributed by atoms with Gasteiger partial charge in [0.1, 0.15) is 17.3 Å². The first-order chi connectivity index (χ1) is 11.3. The second-order valence-corrected chi connectivity index (χ2v) is 5.34. The minimum Gasteiger partial charge on any atom is -0.286 e. The second kappa shape index (κ2) is 6.33. The molecule has 0 spiro atoms. The van der Waals surface area contributed by atoms with Gasteiger partial charge in [0.2, 0.25) is 0 Å². The van der Waals surface area contributed by atoms with E-state index in [9.17, 15) is 5.26 Å². The zero-order valence-corrected chi connectivity index (χ0v) is 13.0. The lowest BCUT2D eigenvalue weighted by atomic mass is 9.90. The van der Waals surface area contributed by atoms with Crippen LogP contribution in [0.1, 0.15) is 18.1 Å². The number of pyridine rings is 1. The topological polar surface area (TPSA) is 63.9 Å². The van der Waals surface area contributed by atoms with Crippen molar-refractivity contribution >= 4 is 5.82 Å². The van der Waals surface area contributed by atoms with Gasteiger partial charge in [-0.3, -0.25) is 5.73 Å². The van der Waals surface area contributed by atoms with E-state index in [-0.39, 0.29) is 0 Å². The molecule has 0 aliphatic heterocycles. The van der Waals surface area contributed by atoms with E-state index in [1.165, 1.54) is 0 Å². The summed E-state index contributed by atoms with van der Waals surface area (Å²) in [4.78, 5) is 3.23. The maximum atomic E-state index is 9.59. The number of benzene rings is 2. The molecule has 0 bridgehead atoms. The van der Waals surface area contributed by atoms with E-state index in [0.717, 1.165) is 34.4 Å². The minimum absolute atomic E-state index is 0.405. The summed E-state index contributed by atoms with van der Waals surface area (Å²) in [6.07, 6.45) is 0.805. The number of hydrogen-bond donors (Lipinski definition) is 1. The number of hydrogen-bond acceptors (Lipinski definition) is 2. The number of nitrogen functional groups attached to an aromatic ring is 1. The van der Waals surface area contributed by atoms with Crippen molar-refractivity contribution in [1.82, 2.24) is 0 Å². The first kappa shape index (κ1) is 14.8. The van der Waals surface area contributed by atoms with Crippen LogP contribution < -0.4 is 10.7 Å². The zero-order chi connectivity index (χ0) is 16.2. The predicted molar refractivity (Wildman–Crippen MR) is 92.4 cm³/mol. The number of aromatic amines is 1. The first-order valence-electron chi connectivity index (χ1n) is 7.64. The maximum Gasteiger partial charge on any atom is 0.289 e. The highest BCUT2D eigenvalue weighted by Gasteiger charge is 2.22. The molecule has 112 valence electrons. The summed E-state index contributed by atoms with van der Waals surface area (Å²) in [7, 11) is 0. The van der Waals surface area contributed by atoms with E-state index in [1.807, 2.05) is 60.7 Å². The molecule has 2 aromatic carbocycles. The standard InChI is InChI=1S/C20H17N3/c1-2-16-18(14-9-5-3-6-10-14)17(13-21)20(22)23-19(16)15-11-7-4-8-12-15/h3-12H,2H2,1H3,(H2,22,23)/p+1. The fourth-order valence-electron chi connectivity index (χ4n) is 2.93. The van der Waals surface area contributed by atoms with E-state index in [4.69, 9.17) is 5.73 Å². The third-order valence-electron chi connectivity index (χ3n) is 3.97. The lowest BCUT2D eigenvalue weighted by Gasteiger charge is -2.14. The molecule has 0 saturated carbocycles. The summed E-state index contributed by atoms with van der Waals surface area (Å²) in [5.74, 6) is 0.405. The lowest BCUT2D eigenvalue weighted by Crippen LogP contribution is -2.19. The van der Waals surface area contributed by atoms with Crippen LogP contribution in [0.4, 0.5) is 5.82 Å². The number of nitrogens with zero attached hydrogens (tertiary/aromatic N) is 1. The summed E-state index contributed by atoms with van der Waals surface area (Å²) in [6, 6.07) is 22.3. The van der Waals surface area contributed by atoms with Crippen LogP contribution in [0.25, 0.3) is 22.4 Å². The molecule has 1 aromatic heterocycles. The summed E-state index contributed by atoms with van der Waals surface area (Å²) < 4.78 is 0. The van der Waals surface area contributed by atoms with Gasteiger partial charge in [0, 0.05) is 16.7 Å². The number of anilines is 1. The summed E-state index contributed by atoms with van der Waals surface area (Å²) in [5, 5.41) is 9.59. The molecule has 3 aromatic rings. The van der Waals surface area contributed by atoms with Crippen LogP contribution in [0.2, 0.25) is 0 Å². The molecule has 0 amide bonds. The molecule has 0 aliphatic rings. The van der Waals surface area contributed by atoms with Crippen molar-refractivity contribution in [2.45, 2.75) is 13.3 Å². The molecule has 3 rings (SSSR count). The molecule has 0 radical (unpaired) electrons. The molecule has 0 saturated heterocycles. The average molecular weight is 300 g/mol. The van der Waals surface area contributed by atoms with Gasteiger partial charge < -0.3 is 0 Å². The Hall–Kier alpha value is -3.12. The van der Waals surface area contributed by atoms with Crippen LogP contribution >= 0.6 is 0 Å². The molecule has 0 unspecified atom stereocenters. The van der Waals surface area contributed by atoms with Crippen molar-refractivity contribution in [1.29, 1.82) is 5.26 Å². The number of nitrogens with one attached hydrogen (secondary N) is 1. The third kappa shape index (κ3) is 2.67. The van der Waals surface area contributed by atoms with Gasteiger partial charge in [-0.2, -0.15) is 5.26 Å². The van der Waals surface area contributed by atoms with Crippen LogP contribution in [0.5, 0.6) is 0 Å². The SMILES string of the molecule is CCc1c(-c2ccccc2)[nH+]c(N)c(C#N)c1-c1ccccc1. The van der Waals surface area contributed by atoms with E-state index < -0.39 is 0 Å². The van der Waals surface area contributed by atoms with Gasteiger partial charge in [-0.1, -0.05) is 67.6 Å². The molecule has 0 fully saturated rings. The second-order valence-electron chi connectivity index (χ2n) is 5.34. The van der Waals surface area contributed by atoms with Crippen molar-refractivity contribution in [2.75, 3.05) is 5.73 Å². The van der Waals surface area contributed by atoms with Crippen molar-refractivity contribution in [3.05, 3.63) is 71.8 Å². The van der Waals surface area contributed by atoms with Crippen LogP contribution in [0.15, 0.2) is 60.7 Å². The van der Waals surface area contributed by atoms with Crippen LogP contribution in [0, 0.1) is 11.3 Å². The Kier molecular flexibility index (Phi) is 4.07. The number of aromatic nitrogens is 1. The molecule has 23 heavy (non-hydrogen) atoms.